The zero-order valence-corrected chi connectivity index (χ0v) is 12.8. The van der Waals surface area contributed by atoms with Crippen LogP contribution >= 0.6 is 0 Å². The molecule has 114 valence electrons. The van der Waals surface area contributed by atoms with Crippen LogP contribution in [0.5, 0.6) is 5.75 Å². The third kappa shape index (κ3) is 3.90. The Kier molecular flexibility index (Phi) is 4.63. The molecule has 0 saturated heterocycles. The van der Waals surface area contributed by atoms with E-state index >= 15 is 0 Å². The molecule has 0 radical (unpaired) electrons. The number of aryl methyl sites for hydroxylation is 1. The van der Waals surface area contributed by atoms with Gasteiger partial charge >= 0.3 is 0 Å². The van der Waals surface area contributed by atoms with Crippen molar-refractivity contribution in [2.24, 2.45) is 4.99 Å². The van der Waals surface area contributed by atoms with Gasteiger partial charge in [0, 0.05) is 25.2 Å². The first kappa shape index (κ1) is 14.2. The summed E-state index contributed by atoms with van der Waals surface area (Å²) < 4.78 is 6.23. The molecule has 1 aliphatic carbocycles. The Balaban J connectivity index is 1.66. The molecule has 2 N–H and O–H groups in total. The summed E-state index contributed by atoms with van der Waals surface area (Å²) in [7, 11) is 0. The molecule has 1 aliphatic heterocycles. The lowest BCUT2D eigenvalue weighted by molar-refractivity contribution is 0.207. The molecule has 2 aliphatic rings. The van der Waals surface area contributed by atoms with Crippen LogP contribution in [-0.2, 0) is 6.54 Å². The Morgan fingerprint density at radius 3 is 2.90 bits per heavy atom. The lowest BCUT2D eigenvalue weighted by atomic mass is 10.1. The maximum absolute atomic E-state index is 6.23. The number of rotatable bonds is 4. The van der Waals surface area contributed by atoms with Gasteiger partial charge in [-0.1, -0.05) is 12.1 Å². The number of aliphatic imine (C=N–C) groups is 1. The van der Waals surface area contributed by atoms with Crippen LogP contribution in [0.1, 0.15) is 43.2 Å². The van der Waals surface area contributed by atoms with Gasteiger partial charge in [0.25, 0.3) is 0 Å². The van der Waals surface area contributed by atoms with Crippen molar-refractivity contribution in [2.75, 3.05) is 13.1 Å². The Bertz CT molecular complexity index is 507. The van der Waals surface area contributed by atoms with Gasteiger partial charge in [0.05, 0.1) is 6.10 Å². The molecule has 0 unspecified atom stereocenters. The van der Waals surface area contributed by atoms with Crippen LogP contribution in [0.2, 0.25) is 0 Å². The number of hydrogen-bond donors (Lipinski definition) is 2. The van der Waals surface area contributed by atoms with Crippen molar-refractivity contribution in [1.82, 2.24) is 10.6 Å². The summed E-state index contributed by atoms with van der Waals surface area (Å²) in [5, 5.41) is 6.67. The predicted molar refractivity (Wildman–Crippen MR) is 85.8 cm³/mol. The lowest BCUT2D eigenvalue weighted by Crippen LogP contribution is -2.40. The first-order chi connectivity index (χ1) is 10.3. The standard InChI is InChI=1S/C17H25N3O/c1-13-7-8-14(12-20-17-18-9-4-10-19-17)16(11-13)21-15-5-2-3-6-15/h7-8,11,15H,2-6,9-10,12H2,1H3,(H2,18,19,20). The second-order valence-corrected chi connectivity index (χ2v) is 6.00. The van der Waals surface area contributed by atoms with Crippen LogP contribution in [-0.4, -0.2) is 25.2 Å². The minimum absolute atomic E-state index is 0.399. The topological polar surface area (TPSA) is 45.7 Å². The second-order valence-electron chi connectivity index (χ2n) is 6.00. The third-order valence-electron chi connectivity index (χ3n) is 4.16. The number of nitrogens with one attached hydrogen (secondary N) is 2. The highest BCUT2D eigenvalue weighted by Crippen LogP contribution is 2.27. The van der Waals surface area contributed by atoms with Crippen molar-refractivity contribution in [2.45, 2.75) is 51.7 Å². The molecule has 0 bridgehead atoms. The van der Waals surface area contributed by atoms with Crippen LogP contribution in [0.4, 0.5) is 0 Å². The maximum Gasteiger partial charge on any atom is 0.191 e. The number of hydrogen-bond acceptors (Lipinski definition) is 4. The van der Waals surface area contributed by atoms with Gasteiger partial charge in [0.15, 0.2) is 5.96 Å². The molecule has 1 heterocycles. The summed E-state index contributed by atoms with van der Waals surface area (Å²) in [5.74, 6) is 1.94. The number of ether oxygens (including phenoxy) is 1. The van der Waals surface area contributed by atoms with Crippen molar-refractivity contribution in [1.29, 1.82) is 0 Å². The Morgan fingerprint density at radius 2 is 2.14 bits per heavy atom. The minimum atomic E-state index is 0.399. The minimum Gasteiger partial charge on any atom is -0.490 e. The first-order valence-electron chi connectivity index (χ1n) is 8.09. The lowest BCUT2D eigenvalue weighted by Gasteiger charge is -2.19. The Morgan fingerprint density at radius 1 is 1.29 bits per heavy atom. The summed E-state index contributed by atoms with van der Waals surface area (Å²) in [6, 6.07) is 6.47. The molecule has 0 aromatic heterocycles. The van der Waals surface area contributed by atoms with Crippen LogP contribution in [0.25, 0.3) is 0 Å². The van der Waals surface area contributed by atoms with E-state index in [1.807, 2.05) is 0 Å². The number of nitrogens with zero attached hydrogens (tertiary/aromatic N) is 1. The highest BCUT2D eigenvalue weighted by Gasteiger charge is 2.18. The average molecular weight is 287 g/mol. The monoisotopic (exact) mass is 287 g/mol. The van der Waals surface area contributed by atoms with Crippen molar-refractivity contribution < 1.29 is 4.74 Å². The molecule has 0 amide bonds. The Hall–Kier alpha value is -1.71. The van der Waals surface area contributed by atoms with Crippen LogP contribution in [0.3, 0.4) is 0 Å². The zero-order valence-electron chi connectivity index (χ0n) is 12.8. The molecule has 1 fully saturated rings. The van der Waals surface area contributed by atoms with E-state index in [0.717, 1.165) is 37.8 Å². The van der Waals surface area contributed by atoms with Crippen LogP contribution in [0.15, 0.2) is 23.2 Å². The fourth-order valence-electron chi connectivity index (χ4n) is 2.93. The Labute approximate surface area is 127 Å². The molecule has 4 heteroatoms. The maximum atomic E-state index is 6.23. The summed E-state index contributed by atoms with van der Waals surface area (Å²) in [6.07, 6.45) is 6.49. The molecule has 3 rings (SSSR count). The summed E-state index contributed by atoms with van der Waals surface area (Å²) >= 11 is 0. The predicted octanol–water partition coefficient (Wildman–Crippen LogP) is 2.76. The van der Waals surface area contributed by atoms with Gasteiger partial charge in [0.2, 0.25) is 0 Å². The van der Waals surface area contributed by atoms with Gasteiger partial charge < -0.3 is 15.4 Å². The van der Waals surface area contributed by atoms with Gasteiger partial charge in [-0.3, -0.25) is 4.99 Å². The third-order valence-corrected chi connectivity index (χ3v) is 4.16. The number of guanidine groups is 1. The van der Waals surface area contributed by atoms with Crippen molar-refractivity contribution in [3.63, 3.8) is 0 Å². The van der Waals surface area contributed by atoms with E-state index in [9.17, 15) is 0 Å². The quantitative estimate of drug-likeness (QED) is 0.895. The van der Waals surface area contributed by atoms with E-state index in [-0.39, 0.29) is 0 Å². The molecule has 0 spiro atoms. The van der Waals surface area contributed by atoms with Gasteiger partial charge in [-0.05, 0) is 50.7 Å². The fraction of sp³-hybridized carbons (Fsp3) is 0.588. The van der Waals surface area contributed by atoms with Gasteiger partial charge in [-0.25, -0.2) is 0 Å². The molecular weight excluding hydrogens is 262 g/mol. The van der Waals surface area contributed by atoms with E-state index < -0.39 is 0 Å². The van der Waals surface area contributed by atoms with Crippen molar-refractivity contribution in [3.8, 4) is 5.75 Å². The van der Waals surface area contributed by atoms with Gasteiger partial charge in [-0.2, -0.15) is 0 Å². The SMILES string of the molecule is Cc1ccc(CNC2=NCCCN2)c(OC2CCCC2)c1. The molecule has 0 atom stereocenters. The van der Waals surface area contributed by atoms with Crippen molar-refractivity contribution in [3.05, 3.63) is 29.3 Å². The van der Waals surface area contributed by atoms with Gasteiger partial charge in [0.1, 0.15) is 5.75 Å². The summed E-state index contributed by atoms with van der Waals surface area (Å²) in [4.78, 5) is 4.45. The highest BCUT2D eigenvalue weighted by atomic mass is 16.5. The second kappa shape index (κ2) is 6.83. The van der Waals surface area contributed by atoms with E-state index in [1.165, 1.54) is 36.8 Å². The van der Waals surface area contributed by atoms with Crippen LogP contribution < -0.4 is 15.4 Å². The smallest absolute Gasteiger partial charge is 0.191 e. The molecule has 1 aromatic carbocycles. The molecule has 1 aromatic rings. The number of benzene rings is 1. The van der Waals surface area contributed by atoms with E-state index in [2.05, 4.69) is 40.7 Å². The van der Waals surface area contributed by atoms with Crippen LogP contribution in [0, 0.1) is 6.92 Å². The van der Waals surface area contributed by atoms with Gasteiger partial charge in [-0.15, -0.1) is 0 Å². The molecule has 21 heavy (non-hydrogen) atoms. The summed E-state index contributed by atoms with van der Waals surface area (Å²) in [6.45, 7) is 4.79. The van der Waals surface area contributed by atoms with E-state index in [1.54, 1.807) is 0 Å². The summed E-state index contributed by atoms with van der Waals surface area (Å²) in [5.41, 5.74) is 2.46. The molecule has 1 saturated carbocycles. The molecular formula is C17H25N3O. The van der Waals surface area contributed by atoms with E-state index in [0.29, 0.717) is 6.10 Å². The largest absolute Gasteiger partial charge is 0.490 e. The highest BCUT2D eigenvalue weighted by molar-refractivity contribution is 5.80. The first-order valence-corrected chi connectivity index (χ1v) is 8.09. The normalized spacial score (nSPS) is 19.0. The zero-order chi connectivity index (χ0) is 14.5. The average Bonchev–Trinajstić information content (AvgIpc) is 3.00. The fourth-order valence-corrected chi connectivity index (χ4v) is 2.93. The molecule has 4 nitrogen and oxygen atoms in total. The van der Waals surface area contributed by atoms with Crippen molar-refractivity contribution >= 4 is 5.96 Å². The van der Waals surface area contributed by atoms with E-state index in [4.69, 9.17) is 4.74 Å².